The van der Waals surface area contributed by atoms with E-state index in [-0.39, 0.29) is 23.5 Å². The number of carbonyl (C=O) groups excluding carboxylic acids is 2. The van der Waals surface area contributed by atoms with Gasteiger partial charge in [0.15, 0.2) is 0 Å². The van der Waals surface area contributed by atoms with Crippen molar-refractivity contribution in [2.45, 2.75) is 38.3 Å². The van der Waals surface area contributed by atoms with Gasteiger partial charge < -0.3 is 31.4 Å². The summed E-state index contributed by atoms with van der Waals surface area (Å²) >= 11 is 1.20. The third-order valence-electron chi connectivity index (χ3n) is 5.93. The molecule has 5 rings (SSSR count). The van der Waals surface area contributed by atoms with Gasteiger partial charge in [-0.3, -0.25) is 14.2 Å². The predicted octanol–water partition coefficient (Wildman–Crippen LogP) is 3.42. The van der Waals surface area contributed by atoms with Gasteiger partial charge in [0.1, 0.15) is 5.82 Å². The molecule has 2 amide bonds. The fourth-order valence-corrected chi connectivity index (χ4v) is 4.96. The number of amides is 2. The molecule has 0 aliphatic heterocycles. The molecule has 174 valence electrons. The number of aromatic nitrogens is 3. The second kappa shape index (κ2) is 8.41. The summed E-state index contributed by atoms with van der Waals surface area (Å²) in [7, 11) is 0. The minimum Gasteiger partial charge on any atom is -0.349 e. The molecule has 10 nitrogen and oxygen atoms in total. The number of aryl methyl sites for hydroxylation is 1. The lowest BCUT2D eigenvalue weighted by atomic mass is 10.1. The van der Waals surface area contributed by atoms with E-state index in [0.29, 0.717) is 43.8 Å². The number of aromatic amines is 2. The Bertz CT molecular complexity index is 1510. The first-order chi connectivity index (χ1) is 16.4. The number of nitrogens with one attached hydrogen (secondary N) is 6. The monoisotopic (exact) mass is 477 g/mol. The minimum absolute atomic E-state index is 0.129. The topological polar surface area (TPSA) is 159 Å². The third-order valence-corrected chi connectivity index (χ3v) is 7.11. The maximum absolute atomic E-state index is 13.2. The SMILES string of the molecule is CCn1c(=O)[nH]c2cc3[nH]c(NC(=O)c4ccc(C(C=N)C=N)s4)c(C(=O)NC4CC4)c3cc21. The summed E-state index contributed by atoms with van der Waals surface area (Å²) in [5.41, 5.74) is 2.05. The van der Waals surface area contributed by atoms with Gasteiger partial charge >= 0.3 is 5.69 Å². The van der Waals surface area contributed by atoms with Crippen LogP contribution in [0, 0.1) is 10.8 Å². The number of benzene rings is 1. The maximum atomic E-state index is 13.2. The molecule has 11 heteroatoms. The Morgan fingerprint density at radius 2 is 1.94 bits per heavy atom. The van der Waals surface area contributed by atoms with E-state index in [1.165, 1.54) is 11.3 Å². The lowest BCUT2D eigenvalue weighted by Gasteiger charge is -2.07. The van der Waals surface area contributed by atoms with Gasteiger partial charge in [-0.1, -0.05) is 0 Å². The van der Waals surface area contributed by atoms with Gasteiger partial charge in [0.05, 0.1) is 32.9 Å². The first-order valence-corrected chi connectivity index (χ1v) is 11.8. The zero-order valence-electron chi connectivity index (χ0n) is 18.3. The molecule has 6 N–H and O–H groups in total. The van der Waals surface area contributed by atoms with Crippen LogP contribution in [0.3, 0.4) is 0 Å². The second-order valence-corrected chi connectivity index (χ2v) is 9.34. The Balaban J connectivity index is 1.57. The lowest BCUT2D eigenvalue weighted by molar-refractivity contribution is 0.0953. The molecule has 1 saturated carbocycles. The Hall–Kier alpha value is -3.99. The highest BCUT2D eigenvalue weighted by molar-refractivity contribution is 7.14. The summed E-state index contributed by atoms with van der Waals surface area (Å²) in [5.74, 6) is -0.877. The van der Waals surface area contributed by atoms with Crippen molar-refractivity contribution in [3.8, 4) is 0 Å². The number of imidazole rings is 1. The summed E-state index contributed by atoms with van der Waals surface area (Å²) in [6.45, 7) is 2.36. The van der Waals surface area contributed by atoms with Crippen LogP contribution < -0.4 is 16.3 Å². The van der Waals surface area contributed by atoms with Crippen LogP contribution in [-0.4, -0.2) is 44.8 Å². The fourth-order valence-electron chi connectivity index (χ4n) is 4.02. The maximum Gasteiger partial charge on any atom is 0.326 e. The number of H-pyrrole nitrogens is 2. The van der Waals surface area contributed by atoms with Crippen molar-refractivity contribution >= 4 is 63.3 Å². The quantitative estimate of drug-likeness (QED) is 0.215. The average molecular weight is 478 g/mol. The van der Waals surface area contributed by atoms with Crippen molar-refractivity contribution in [3.05, 3.63) is 50.1 Å². The zero-order valence-corrected chi connectivity index (χ0v) is 19.1. The van der Waals surface area contributed by atoms with E-state index >= 15 is 0 Å². The molecular formula is C23H23N7O3S. The molecule has 4 aromatic rings. The van der Waals surface area contributed by atoms with Crippen LogP contribution in [0.5, 0.6) is 0 Å². The molecule has 3 aromatic heterocycles. The molecule has 0 radical (unpaired) electrons. The first-order valence-electron chi connectivity index (χ1n) is 10.9. The number of hydrogen-bond donors (Lipinski definition) is 6. The standard InChI is InChI=1S/C23H23N7O3S/c1-2-30-16-7-13-14(8-15(16)28-23(30)33)27-20(19(13)22(32)26-12-3-4-12)29-21(31)18-6-5-17(34-18)11(9-24)10-25/h5-12,24-25,27H,2-4H2,1H3,(H,26,32)(H,28,33)(H,29,31). The van der Waals surface area contributed by atoms with Crippen molar-refractivity contribution < 1.29 is 9.59 Å². The molecule has 1 fully saturated rings. The number of nitrogens with zero attached hydrogens (tertiary/aromatic N) is 1. The number of fused-ring (bicyclic) bond motifs is 2. The van der Waals surface area contributed by atoms with Crippen molar-refractivity contribution in [1.82, 2.24) is 19.9 Å². The minimum atomic E-state index is -0.474. The number of carbonyl (C=O) groups is 2. The van der Waals surface area contributed by atoms with E-state index in [0.717, 1.165) is 25.3 Å². The van der Waals surface area contributed by atoms with E-state index in [4.69, 9.17) is 10.8 Å². The van der Waals surface area contributed by atoms with Gasteiger partial charge in [0.25, 0.3) is 11.8 Å². The Morgan fingerprint density at radius 3 is 2.62 bits per heavy atom. The fraction of sp³-hybridized carbons (Fsp3) is 0.261. The van der Waals surface area contributed by atoms with Gasteiger partial charge in [-0.15, -0.1) is 11.3 Å². The molecule has 1 aromatic carbocycles. The lowest BCUT2D eigenvalue weighted by Crippen LogP contribution is -2.26. The molecular weight excluding hydrogens is 454 g/mol. The van der Waals surface area contributed by atoms with Gasteiger partial charge in [-0.2, -0.15) is 0 Å². The molecule has 1 aliphatic rings. The van der Waals surface area contributed by atoms with Gasteiger partial charge in [0, 0.05) is 35.3 Å². The van der Waals surface area contributed by atoms with Crippen LogP contribution in [0.2, 0.25) is 0 Å². The predicted molar refractivity (Wildman–Crippen MR) is 133 cm³/mol. The van der Waals surface area contributed by atoms with Crippen LogP contribution >= 0.6 is 11.3 Å². The highest BCUT2D eigenvalue weighted by atomic mass is 32.1. The average Bonchev–Trinajstić information content (AvgIpc) is 3.23. The Kier molecular flexibility index (Phi) is 5.40. The smallest absolute Gasteiger partial charge is 0.326 e. The summed E-state index contributed by atoms with van der Waals surface area (Å²) in [6, 6.07) is 7.06. The largest absolute Gasteiger partial charge is 0.349 e. The normalized spacial score (nSPS) is 14.3. The summed E-state index contributed by atoms with van der Waals surface area (Å²) in [5, 5.41) is 21.3. The highest BCUT2D eigenvalue weighted by Gasteiger charge is 2.28. The van der Waals surface area contributed by atoms with Gasteiger partial charge in [0.2, 0.25) is 0 Å². The third kappa shape index (κ3) is 3.73. The molecule has 1 aliphatic carbocycles. The molecule has 0 atom stereocenters. The van der Waals surface area contributed by atoms with Crippen LogP contribution in [-0.2, 0) is 6.54 Å². The number of anilines is 1. The van der Waals surface area contributed by atoms with E-state index in [2.05, 4.69) is 20.6 Å². The molecule has 0 spiro atoms. The zero-order chi connectivity index (χ0) is 24.0. The van der Waals surface area contributed by atoms with Crippen molar-refractivity contribution in [2.75, 3.05) is 5.32 Å². The van der Waals surface area contributed by atoms with Crippen molar-refractivity contribution in [2.24, 2.45) is 0 Å². The van der Waals surface area contributed by atoms with Crippen molar-refractivity contribution in [1.29, 1.82) is 10.8 Å². The Labute approximate surface area is 197 Å². The highest BCUT2D eigenvalue weighted by Crippen LogP contribution is 2.32. The number of thiophene rings is 1. The van der Waals surface area contributed by atoms with Crippen LogP contribution in [0.4, 0.5) is 5.82 Å². The molecule has 0 bridgehead atoms. The van der Waals surface area contributed by atoms with Gasteiger partial charge in [-0.25, -0.2) is 4.79 Å². The first kappa shape index (κ1) is 21.8. The molecule has 0 unspecified atom stereocenters. The number of hydrogen-bond acceptors (Lipinski definition) is 6. The van der Waals surface area contributed by atoms with Gasteiger partial charge in [-0.05, 0) is 44.0 Å². The van der Waals surface area contributed by atoms with Crippen LogP contribution in [0.1, 0.15) is 50.6 Å². The Morgan fingerprint density at radius 1 is 1.18 bits per heavy atom. The van der Waals surface area contributed by atoms with E-state index in [9.17, 15) is 14.4 Å². The van der Waals surface area contributed by atoms with Crippen molar-refractivity contribution in [3.63, 3.8) is 0 Å². The molecule has 34 heavy (non-hydrogen) atoms. The summed E-state index contributed by atoms with van der Waals surface area (Å²) in [4.78, 5) is 45.5. The van der Waals surface area contributed by atoms with E-state index in [1.54, 1.807) is 28.8 Å². The summed E-state index contributed by atoms with van der Waals surface area (Å²) in [6.07, 6.45) is 4.14. The number of rotatable bonds is 8. The molecule has 0 saturated heterocycles. The van der Waals surface area contributed by atoms with E-state index < -0.39 is 11.8 Å². The van der Waals surface area contributed by atoms with Crippen LogP contribution in [0.25, 0.3) is 21.9 Å². The summed E-state index contributed by atoms with van der Waals surface area (Å²) < 4.78 is 1.60. The second-order valence-electron chi connectivity index (χ2n) is 8.23. The van der Waals surface area contributed by atoms with E-state index in [1.807, 2.05) is 6.92 Å². The molecule has 3 heterocycles. The van der Waals surface area contributed by atoms with Crippen LogP contribution in [0.15, 0.2) is 29.1 Å².